The number of piperidine rings is 1. The molecule has 1 aromatic heterocycles. The molecule has 1 aliphatic rings. The zero-order valence-electron chi connectivity index (χ0n) is 31.7. The summed E-state index contributed by atoms with van der Waals surface area (Å²) in [5.74, 6) is 1.42. The van der Waals surface area contributed by atoms with Crippen molar-refractivity contribution in [3.63, 3.8) is 0 Å². The predicted octanol–water partition coefficient (Wildman–Crippen LogP) is 6.93. The Bertz CT molecular complexity index is 1420. The first-order chi connectivity index (χ1) is 25.4. The molecular formula is C41H63N7O4. The third-order valence-electron chi connectivity index (χ3n) is 9.50. The monoisotopic (exact) mass is 717 g/mol. The van der Waals surface area contributed by atoms with Crippen LogP contribution in [0.5, 0.6) is 5.75 Å². The molecule has 2 aromatic carbocycles. The summed E-state index contributed by atoms with van der Waals surface area (Å²) in [7, 11) is 2.14. The Kier molecular flexibility index (Phi) is 18.2. The third-order valence-corrected chi connectivity index (χ3v) is 9.50. The third kappa shape index (κ3) is 14.4. The zero-order chi connectivity index (χ0) is 36.9. The zero-order valence-corrected chi connectivity index (χ0v) is 31.7. The van der Waals surface area contributed by atoms with Gasteiger partial charge in [0.05, 0.1) is 38.6 Å². The fourth-order valence-corrected chi connectivity index (χ4v) is 6.14. The molecule has 2 atom stereocenters. The maximum Gasteiger partial charge on any atom is 0.125 e. The van der Waals surface area contributed by atoms with Crippen molar-refractivity contribution in [2.24, 2.45) is 16.5 Å². The van der Waals surface area contributed by atoms with Crippen molar-refractivity contribution < 1.29 is 18.9 Å². The number of hydrogen-bond acceptors (Lipinski definition) is 10. The number of unbranched alkanes of at least 4 members (excludes halogenated alkanes) is 4. The van der Waals surface area contributed by atoms with E-state index in [1.165, 1.54) is 5.56 Å². The molecule has 0 radical (unpaired) electrons. The Hall–Kier alpha value is -3.74. The van der Waals surface area contributed by atoms with Gasteiger partial charge < -0.3 is 45.9 Å². The highest BCUT2D eigenvalue weighted by atomic mass is 16.5. The molecule has 52 heavy (non-hydrogen) atoms. The molecule has 6 N–H and O–H groups in total. The van der Waals surface area contributed by atoms with Crippen LogP contribution in [-0.2, 0) is 14.2 Å². The van der Waals surface area contributed by atoms with Crippen LogP contribution in [0.4, 0.5) is 11.4 Å². The molecule has 1 unspecified atom stereocenters. The molecule has 3 aromatic rings. The summed E-state index contributed by atoms with van der Waals surface area (Å²) in [6.07, 6.45) is 11.2. The van der Waals surface area contributed by atoms with Crippen molar-refractivity contribution in [3.8, 4) is 5.75 Å². The summed E-state index contributed by atoms with van der Waals surface area (Å²) in [5, 5.41) is 7.43. The summed E-state index contributed by atoms with van der Waals surface area (Å²) in [5.41, 5.74) is 16.8. The fourth-order valence-electron chi connectivity index (χ4n) is 6.14. The lowest BCUT2D eigenvalue weighted by atomic mass is 9.85. The van der Waals surface area contributed by atoms with E-state index in [0.29, 0.717) is 38.9 Å². The van der Waals surface area contributed by atoms with Crippen LogP contribution < -0.4 is 26.8 Å². The number of aromatic nitrogens is 1. The van der Waals surface area contributed by atoms with Gasteiger partial charge in [0.1, 0.15) is 17.8 Å². The second-order valence-electron chi connectivity index (χ2n) is 13.7. The standard InChI is InChI=1S/C41H63N7O4/c1-4-5-25-49-28-30-51-31-29-50-26-8-6-7-9-27-52-38-15-13-34(14-16-38)33(2)45-36-11-10-12-37(32-36)47-41(19-23-48(3)24-20-41)40(43)46-39(42)35-17-21-44-22-18-35/h10-18,21-22,32-33,39,45,47H,4-9,19-20,23-31,42H2,1-3H3,(H2,43,46)/t33-,39?/m1/s1. The molecule has 286 valence electrons. The van der Waals surface area contributed by atoms with E-state index < -0.39 is 11.7 Å². The summed E-state index contributed by atoms with van der Waals surface area (Å²) in [6.45, 7) is 11.0. The lowest BCUT2D eigenvalue weighted by Gasteiger charge is -2.42. The van der Waals surface area contributed by atoms with Crippen molar-refractivity contribution >= 4 is 17.2 Å². The second kappa shape index (κ2) is 23.0. The Morgan fingerprint density at radius 3 is 2.10 bits per heavy atom. The Balaban J connectivity index is 1.16. The van der Waals surface area contributed by atoms with Gasteiger partial charge >= 0.3 is 0 Å². The number of pyridine rings is 1. The van der Waals surface area contributed by atoms with Crippen molar-refractivity contribution in [3.05, 3.63) is 84.2 Å². The van der Waals surface area contributed by atoms with Crippen molar-refractivity contribution in [1.29, 1.82) is 0 Å². The van der Waals surface area contributed by atoms with Crippen LogP contribution in [0, 0.1) is 0 Å². The van der Waals surface area contributed by atoms with E-state index in [1.807, 2.05) is 12.1 Å². The molecule has 1 saturated heterocycles. The lowest BCUT2D eigenvalue weighted by Crippen LogP contribution is -2.57. The molecule has 0 bridgehead atoms. The molecule has 1 fully saturated rings. The largest absolute Gasteiger partial charge is 0.494 e. The maximum absolute atomic E-state index is 6.75. The van der Waals surface area contributed by atoms with Gasteiger partial charge in [0.2, 0.25) is 0 Å². The number of aliphatic imine (C=N–C) groups is 1. The summed E-state index contributed by atoms with van der Waals surface area (Å²) in [6, 6.07) is 20.6. The number of anilines is 2. The van der Waals surface area contributed by atoms with Crippen molar-refractivity contribution in [1.82, 2.24) is 9.88 Å². The first-order valence-corrected chi connectivity index (χ1v) is 19.2. The number of ether oxygens (including phenoxy) is 4. The summed E-state index contributed by atoms with van der Waals surface area (Å²) < 4.78 is 22.7. The van der Waals surface area contributed by atoms with Gasteiger partial charge in [0.15, 0.2) is 0 Å². The summed E-state index contributed by atoms with van der Waals surface area (Å²) >= 11 is 0. The molecule has 0 saturated carbocycles. The van der Waals surface area contributed by atoms with E-state index in [1.54, 1.807) is 12.4 Å². The molecular weight excluding hydrogens is 654 g/mol. The van der Waals surface area contributed by atoms with Crippen LogP contribution >= 0.6 is 0 Å². The Morgan fingerprint density at radius 1 is 0.808 bits per heavy atom. The second-order valence-corrected chi connectivity index (χ2v) is 13.7. The average Bonchev–Trinajstić information content (AvgIpc) is 3.16. The van der Waals surface area contributed by atoms with Crippen molar-refractivity contribution in [2.45, 2.75) is 83.0 Å². The molecule has 0 aliphatic carbocycles. The fraction of sp³-hybridized carbons (Fsp3) is 0.561. The van der Waals surface area contributed by atoms with Gasteiger partial charge in [-0.1, -0.05) is 38.0 Å². The van der Waals surface area contributed by atoms with E-state index in [-0.39, 0.29) is 6.04 Å². The van der Waals surface area contributed by atoms with Gasteiger partial charge in [0.25, 0.3) is 0 Å². The van der Waals surface area contributed by atoms with Gasteiger partial charge in [-0.15, -0.1) is 0 Å². The van der Waals surface area contributed by atoms with Gasteiger partial charge in [-0.25, -0.2) is 4.99 Å². The van der Waals surface area contributed by atoms with Crippen LogP contribution in [0.2, 0.25) is 0 Å². The van der Waals surface area contributed by atoms with Crippen molar-refractivity contribution in [2.75, 3.05) is 77.0 Å². The number of nitrogens with one attached hydrogen (secondary N) is 2. The number of hydrogen-bond donors (Lipinski definition) is 4. The number of benzene rings is 2. The van der Waals surface area contributed by atoms with Crippen LogP contribution in [0.15, 0.2) is 78.0 Å². The summed E-state index contributed by atoms with van der Waals surface area (Å²) in [4.78, 5) is 11.2. The minimum absolute atomic E-state index is 0.102. The number of likely N-dealkylation sites (tertiary alicyclic amines) is 1. The van der Waals surface area contributed by atoms with E-state index in [9.17, 15) is 0 Å². The SMILES string of the molecule is CCCCOCCOCCOCCCCCCOc1ccc([C@@H](C)Nc2cccc(NC3(/C(N)=N/C(N)c4ccncc4)CCN(C)CC3)c2)cc1. The van der Waals surface area contributed by atoms with Gasteiger partial charge in [-0.05, 0) is 106 Å². The van der Waals surface area contributed by atoms with Crippen LogP contribution in [0.3, 0.4) is 0 Å². The topological polar surface area (TPSA) is 142 Å². The van der Waals surface area contributed by atoms with Crippen LogP contribution in [0.25, 0.3) is 0 Å². The van der Waals surface area contributed by atoms with Crippen LogP contribution in [0.1, 0.15) is 88.5 Å². The number of nitrogens with two attached hydrogens (primary N) is 2. The van der Waals surface area contributed by atoms with E-state index in [0.717, 1.165) is 100 Å². The quantitative estimate of drug-likeness (QED) is 0.0414. The number of nitrogens with zero attached hydrogens (tertiary/aromatic N) is 3. The van der Waals surface area contributed by atoms with E-state index in [2.05, 4.69) is 89.9 Å². The Labute approximate surface area is 311 Å². The minimum atomic E-state index is -0.551. The Morgan fingerprint density at radius 2 is 1.42 bits per heavy atom. The molecule has 11 heteroatoms. The maximum atomic E-state index is 6.75. The molecule has 2 heterocycles. The van der Waals surface area contributed by atoms with Gasteiger partial charge in [-0.3, -0.25) is 4.98 Å². The smallest absolute Gasteiger partial charge is 0.125 e. The lowest BCUT2D eigenvalue weighted by molar-refractivity contribution is 0.0134. The first kappa shape index (κ1) is 41.0. The van der Waals surface area contributed by atoms with Crippen LogP contribution in [-0.4, -0.2) is 87.6 Å². The first-order valence-electron chi connectivity index (χ1n) is 19.2. The highest BCUT2D eigenvalue weighted by Crippen LogP contribution is 2.30. The van der Waals surface area contributed by atoms with Gasteiger partial charge in [0, 0.05) is 56.1 Å². The minimum Gasteiger partial charge on any atom is -0.494 e. The molecule has 0 spiro atoms. The highest BCUT2D eigenvalue weighted by Gasteiger charge is 2.38. The van der Waals surface area contributed by atoms with E-state index >= 15 is 0 Å². The highest BCUT2D eigenvalue weighted by molar-refractivity contribution is 5.93. The van der Waals surface area contributed by atoms with E-state index in [4.69, 9.17) is 35.4 Å². The number of amidine groups is 1. The molecule has 1 aliphatic heterocycles. The predicted molar refractivity (Wildman–Crippen MR) is 212 cm³/mol. The molecule has 0 amide bonds. The van der Waals surface area contributed by atoms with Gasteiger partial charge in [-0.2, -0.15) is 0 Å². The molecule has 4 rings (SSSR count). The normalized spacial score (nSPS) is 16.0. The molecule has 11 nitrogen and oxygen atoms in total. The number of rotatable bonds is 25. The average molecular weight is 718 g/mol.